The largest absolute Gasteiger partial charge is 0.320 e. The van der Waals surface area contributed by atoms with Crippen LogP contribution in [0.3, 0.4) is 0 Å². The van der Waals surface area contributed by atoms with E-state index in [9.17, 15) is 0 Å². The summed E-state index contributed by atoms with van der Waals surface area (Å²) in [5.41, 5.74) is 9.65. The second-order valence-electron chi connectivity index (χ2n) is 4.99. The molecule has 1 unspecified atom stereocenters. The molecular weight excluding hydrogens is 278 g/mol. The summed E-state index contributed by atoms with van der Waals surface area (Å²) >= 11 is 1.69. The van der Waals surface area contributed by atoms with Crippen LogP contribution in [0.25, 0.3) is 21.0 Å². The number of pyridine rings is 2. The predicted molar refractivity (Wildman–Crippen MR) is 87.4 cm³/mol. The fourth-order valence-corrected chi connectivity index (χ4v) is 3.42. The SMILES string of the molecule is NC(c1cnc2ccsc2c1)c1cccc2cnccc12. The quantitative estimate of drug-likeness (QED) is 0.609. The lowest BCUT2D eigenvalue weighted by molar-refractivity contribution is 0.876. The van der Waals surface area contributed by atoms with Gasteiger partial charge in [-0.2, -0.15) is 0 Å². The summed E-state index contributed by atoms with van der Waals surface area (Å²) in [7, 11) is 0. The average molecular weight is 291 g/mol. The van der Waals surface area contributed by atoms with Gasteiger partial charge in [0.15, 0.2) is 0 Å². The van der Waals surface area contributed by atoms with E-state index in [1.807, 2.05) is 30.6 Å². The molecule has 4 aromatic rings. The van der Waals surface area contributed by atoms with Gasteiger partial charge in [-0.1, -0.05) is 18.2 Å². The molecule has 0 spiro atoms. The van der Waals surface area contributed by atoms with Gasteiger partial charge in [-0.05, 0) is 40.1 Å². The van der Waals surface area contributed by atoms with Crippen molar-refractivity contribution in [3.63, 3.8) is 0 Å². The van der Waals surface area contributed by atoms with Crippen molar-refractivity contribution in [2.45, 2.75) is 6.04 Å². The number of thiophene rings is 1. The first-order valence-electron chi connectivity index (χ1n) is 6.74. The summed E-state index contributed by atoms with van der Waals surface area (Å²) in [5, 5.41) is 4.30. The van der Waals surface area contributed by atoms with Crippen LogP contribution in [-0.2, 0) is 0 Å². The summed E-state index contributed by atoms with van der Waals surface area (Å²) in [4.78, 5) is 8.65. The van der Waals surface area contributed by atoms with Gasteiger partial charge in [-0.25, -0.2) is 0 Å². The second-order valence-corrected chi connectivity index (χ2v) is 5.94. The molecule has 0 aliphatic heterocycles. The number of aromatic nitrogens is 2. The van der Waals surface area contributed by atoms with E-state index in [1.165, 1.54) is 4.70 Å². The lowest BCUT2D eigenvalue weighted by Gasteiger charge is -2.15. The fraction of sp³-hybridized carbons (Fsp3) is 0.0588. The molecule has 0 saturated heterocycles. The van der Waals surface area contributed by atoms with Gasteiger partial charge in [0.1, 0.15) is 0 Å². The van der Waals surface area contributed by atoms with Gasteiger partial charge in [-0.3, -0.25) is 9.97 Å². The van der Waals surface area contributed by atoms with Crippen molar-refractivity contribution >= 4 is 32.3 Å². The molecule has 0 saturated carbocycles. The van der Waals surface area contributed by atoms with Crippen molar-refractivity contribution in [3.8, 4) is 0 Å². The van der Waals surface area contributed by atoms with Crippen molar-refractivity contribution in [1.29, 1.82) is 0 Å². The van der Waals surface area contributed by atoms with Gasteiger partial charge in [0, 0.05) is 24.0 Å². The summed E-state index contributed by atoms with van der Waals surface area (Å²) in [6, 6.07) is 12.1. The smallest absolute Gasteiger partial charge is 0.0809 e. The molecule has 21 heavy (non-hydrogen) atoms. The molecule has 0 aliphatic carbocycles. The van der Waals surface area contributed by atoms with Gasteiger partial charge >= 0.3 is 0 Å². The zero-order valence-corrected chi connectivity index (χ0v) is 12.0. The fourth-order valence-electron chi connectivity index (χ4n) is 2.63. The van der Waals surface area contributed by atoms with Crippen molar-refractivity contribution in [2.75, 3.05) is 0 Å². The van der Waals surface area contributed by atoms with Crippen molar-refractivity contribution < 1.29 is 0 Å². The highest BCUT2D eigenvalue weighted by Gasteiger charge is 2.13. The van der Waals surface area contributed by atoms with Gasteiger partial charge < -0.3 is 5.73 Å². The molecular formula is C17H13N3S. The monoisotopic (exact) mass is 291 g/mol. The first kappa shape index (κ1) is 12.4. The highest BCUT2D eigenvalue weighted by Crippen LogP contribution is 2.29. The molecule has 0 aliphatic rings. The number of nitrogens with two attached hydrogens (primary N) is 1. The Balaban J connectivity index is 1.87. The summed E-state index contributed by atoms with van der Waals surface area (Å²) in [6.07, 6.45) is 5.55. The standard InChI is InChI=1S/C17H13N3S/c18-17(12-8-16-15(20-10-12)5-7-21-16)14-3-1-2-11-9-19-6-4-13(11)14/h1-10,17H,18H2. The summed E-state index contributed by atoms with van der Waals surface area (Å²) in [6.45, 7) is 0. The van der Waals surface area contributed by atoms with E-state index >= 15 is 0 Å². The van der Waals surface area contributed by atoms with Crippen molar-refractivity contribution in [2.24, 2.45) is 5.73 Å². The van der Waals surface area contributed by atoms with Crippen LogP contribution in [0.5, 0.6) is 0 Å². The molecule has 102 valence electrons. The molecule has 1 atom stereocenters. The first-order valence-corrected chi connectivity index (χ1v) is 7.62. The van der Waals surface area contributed by atoms with Crippen molar-refractivity contribution in [1.82, 2.24) is 9.97 Å². The Morgan fingerprint density at radius 1 is 1.10 bits per heavy atom. The zero-order chi connectivity index (χ0) is 14.2. The Morgan fingerprint density at radius 2 is 2.05 bits per heavy atom. The molecule has 4 heteroatoms. The Bertz CT molecular complexity index is 924. The Morgan fingerprint density at radius 3 is 3.00 bits per heavy atom. The molecule has 0 amide bonds. The summed E-state index contributed by atoms with van der Waals surface area (Å²) < 4.78 is 1.17. The second kappa shape index (κ2) is 4.91. The van der Waals surface area contributed by atoms with Crippen LogP contribution < -0.4 is 5.73 Å². The molecule has 0 radical (unpaired) electrons. The van der Waals surface area contributed by atoms with E-state index in [1.54, 1.807) is 17.5 Å². The van der Waals surface area contributed by atoms with Crippen LogP contribution >= 0.6 is 11.3 Å². The van der Waals surface area contributed by atoms with Crippen LogP contribution in [-0.4, -0.2) is 9.97 Å². The minimum Gasteiger partial charge on any atom is -0.320 e. The van der Waals surface area contributed by atoms with Gasteiger partial charge in [0.25, 0.3) is 0 Å². The normalized spacial score (nSPS) is 12.8. The number of fused-ring (bicyclic) bond motifs is 2. The lowest BCUT2D eigenvalue weighted by atomic mass is 9.96. The van der Waals surface area contributed by atoms with E-state index in [4.69, 9.17) is 5.73 Å². The van der Waals surface area contributed by atoms with Crippen LogP contribution in [0.15, 0.2) is 60.4 Å². The van der Waals surface area contributed by atoms with E-state index in [0.29, 0.717) is 0 Å². The third kappa shape index (κ3) is 2.09. The topological polar surface area (TPSA) is 51.8 Å². The van der Waals surface area contributed by atoms with E-state index in [-0.39, 0.29) is 6.04 Å². The Labute approximate surface area is 126 Å². The highest BCUT2D eigenvalue weighted by molar-refractivity contribution is 7.17. The Kier molecular flexibility index (Phi) is 2.91. The highest BCUT2D eigenvalue weighted by atomic mass is 32.1. The van der Waals surface area contributed by atoms with Gasteiger partial charge in [0.05, 0.1) is 16.3 Å². The third-order valence-electron chi connectivity index (χ3n) is 3.73. The molecule has 3 nitrogen and oxygen atoms in total. The number of hydrogen-bond donors (Lipinski definition) is 1. The van der Waals surface area contributed by atoms with E-state index in [2.05, 4.69) is 33.5 Å². The molecule has 2 N–H and O–H groups in total. The molecule has 3 heterocycles. The average Bonchev–Trinajstić information content (AvgIpc) is 3.01. The van der Waals surface area contributed by atoms with E-state index < -0.39 is 0 Å². The Hall–Kier alpha value is -2.30. The van der Waals surface area contributed by atoms with Crippen LogP contribution in [0.1, 0.15) is 17.2 Å². The number of benzene rings is 1. The molecule has 4 rings (SSSR count). The van der Waals surface area contributed by atoms with Gasteiger partial charge in [0.2, 0.25) is 0 Å². The zero-order valence-electron chi connectivity index (χ0n) is 11.2. The van der Waals surface area contributed by atoms with Gasteiger partial charge in [-0.15, -0.1) is 11.3 Å². The predicted octanol–water partition coefficient (Wildman–Crippen LogP) is 3.89. The molecule has 0 bridgehead atoms. The van der Waals surface area contributed by atoms with Crippen LogP contribution in [0.4, 0.5) is 0 Å². The molecule has 0 fully saturated rings. The van der Waals surface area contributed by atoms with Crippen LogP contribution in [0.2, 0.25) is 0 Å². The first-order chi connectivity index (χ1) is 10.3. The number of nitrogens with zero attached hydrogens (tertiary/aromatic N) is 2. The third-order valence-corrected chi connectivity index (χ3v) is 4.59. The maximum Gasteiger partial charge on any atom is 0.0809 e. The molecule has 1 aromatic carbocycles. The molecule has 3 aromatic heterocycles. The van der Waals surface area contributed by atoms with E-state index in [0.717, 1.165) is 27.4 Å². The van der Waals surface area contributed by atoms with Crippen molar-refractivity contribution in [3.05, 3.63) is 71.5 Å². The minimum atomic E-state index is -0.185. The summed E-state index contributed by atoms with van der Waals surface area (Å²) in [5.74, 6) is 0. The number of hydrogen-bond acceptors (Lipinski definition) is 4. The maximum absolute atomic E-state index is 6.49. The minimum absolute atomic E-state index is 0.185. The van der Waals surface area contributed by atoms with Crippen LogP contribution in [0, 0.1) is 0 Å². The number of rotatable bonds is 2. The maximum atomic E-state index is 6.49. The lowest BCUT2D eigenvalue weighted by Crippen LogP contribution is -2.12.